The third-order valence-electron chi connectivity index (χ3n) is 2.01. The van der Waals surface area contributed by atoms with E-state index in [0.717, 1.165) is 14.8 Å². The molecule has 0 fully saturated rings. The number of fused-ring (bicyclic) bond motifs is 1. The van der Waals surface area contributed by atoms with Crippen LogP contribution in [0.15, 0.2) is 18.5 Å². The summed E-state index contributed by atoms with van der Waals surface area (Å²) in [5, 5.41) is 2.67. The van der Waals surface area contributed by atoms with E-state index in [0.29, 0.717) is 5.82 Å². The molecule has 0 saturated heterocycles. The average Bonchev–Trinajstić information content (AvgIpc) is 2.45. The van der Waals surface area contributed by atoms with E-state index in [1.807, 2.05) is 23.7 Å². The molecule has 0 spiro atoms. The van der Waals surface area contributed by atoms with Crippen molar-refractivity contribution in [3.8, 4) is 0 Å². The summed E-state index contributed by atoms with van der Waals surface area (Å²) >= 11 is 2.25. The van der Waals surface area contributed by atoms with Crippen molar-refractivity contribution in [2.24, 2.45) is 0 Å². The van der Waals surface area contributed by atoms with E-state index >= 15 is 0 Å². The lowest BCUT2D eigenvalue weighted by molar-refractivity contribution is -0.114. The molecule has 15 heavy (non-hydrogen) atoms. The number of pyridine rings is 1. The molecule has 0 aliphatic heterocycles. The molecule has 0 aliphatic carbocycles. The number of nitrogens with zero attached hydrogens (tertiary/aromatic N) is 2. The fourth-order valence-corrected chi connectivity index (χ4v) is 2.23. The smallest absolute Gasteiger partial charge is 0.222 e. The van der Waals surface area contributed by atoms with E-state index in [9.17, 15) is 4.79 Å². The molecule has 1 N–H and O–H groups in total. The molecule has 1 amide bonds. The molecule has 0 unspecified atom stereocenters. The molecule has 0 atom stereocenters. The molecule has 0 aliphatic rings. The summed E-state index contributed by atoms with van der Waals surface area (Å²) in [6.07, 6.45) is 3.78. The minimum atomic E-state index is -0.106. The quantitative estimate of drug-likeness (QED) is 0.820. The van der Waals surface area contributed by atoms with Gasteiger partial charge in [-0.1, -0.05) is 0 Å². The SMILES string of the molecule is CC(=O)Nc1cn2cc(I)cc(C)c2n1. The highest BCUT2D eigenvalue weighted by molar-refractivity contribution is 14.1. The van der Waals surface area contributed by atoms with Crippen molar-refractivity contribution >= 4 is 40.0 Å². The molecular weight excluding hydrogens is 305 g/mol. The lowest BCUT2D eigenvalue weighted by Gasteiger charge is -1.97. The van der Waals surface area contributed by atoms with Crippen molar-refractivity contribution in [3.63, 3.8) is 0 Å². The molecule has 78 valence electrons. The first-order chi connectivity index (χ1) is 7.06. The summed E-state index contributed by atoms with van der Waals surface area (Å²) in [5.41, 5.74) is 1.97. The Morgan fingerprint density at radius 2 is 2.27 bits per heavy atom. The summed E-state index contributed by atoms with van der Waals surface area (Å²) in [6.45, 7) is 3.47. The van der Waals surface area contributed by atoms with Gasteiger partial charge in [0.1, 0.15) is 5.65 Å². The van der Waals surface area contributed by atoms with Gasteiger partial charge in [-0.3, -0.25) is 4.79 Å². The van der Waals surface area contributed by atoms with E-state index in [-0.39, 0.29) is 5.91 Å². The first-order valence-corrected chi connectivity index (χ1v) is 5.56. The zero-order valence-corrected chi connectivity index (χ0v) is 10.6. The Hall–Kier alpha value is -1.11. The van der Waals surface area contributed by atoms with Gasteiger partial charge in [0, 0.05) is 16.7 Å². The summed E-state index contributed by atoms with van der Waals surface area (Å²) in [6, 6.07) is 2.06. The highest BCUT2D eigenvalue weighted by atomic mass is 127. The van der Waals surface area contributed by atoms with Crippen molar-refractivity contribution in [2.45, 2.75) is 13.8 Å². The zero-order valence-electron chi connectivity index (χ0n) is 8.41. The highest BCUT2D eigenvalue weighted by Gasteiger charge is 2.05. The molecule has 2 aromatic rings. The fourth-order valence-electron chi connectivity index (χ4n) is 1.47. The monoisotopic (exact) mass is 315 g/mol. The van der Waals surface area contributed by atoms with Gasteiger partial charge in [-0.15, -0.1) is 0 Å². The van der Waals surface area contributed by atoms with Gasteiger partial charge in [0.05, 0.1) is 6.20 Å². The fraction of sp³-hybridized carbons (Fsp3) is 0.200. The van der Waals surface area contributed by atoms with Gasteiger partial charge in [0.2, 0.25) is 5.91 Å². The summed E-state index contributed by atoms with van der Waals surface area (Å²) in [5.74, 6) is 0.485. The Labute approximate surface area is 101 Å². The number of hydrogen-bond donors (Lipinski definition) is 1. The molecule has 2 heterocycles. The first-order valence-electron chi connectivity index (χ1n) is 4.49. The molecule has 5 heteroatoms. The van der Waals surface area contributed by atoms with Crippen LogP contribution in [0.3, 0.4) is 0 Å². The molecule has 0 radical (unpaired) electrons. The van der Waals surface area contributed by atoms with E-state index < -0.39 is 0 Å². The maximum atomic E-state index is 10.9. The van der Waals surface area contributed by atoms with Crippen LogP contribution in [-0.4, -0.2) is 15.3 Å². The summed E-state index contributed by atoms with van der Waals surface area (Å²) in [4.78, 5) is 15.2. The predicted molar refractivity (Wildman–Crippen MR) is 66.9 cm³/mol. The minimum absolute atomic E-state index is 0.106. The Bertz CT molecular complexity index is 533. The molecule has 0 saturated carbocycles. The Balaban J connectivity index is 2.55. The van der Waals surface area contributed by atoms with Gasteiger partial charge in [0.25, 0.3) is 0 Å². The predicted octanol–water partition coefficient (Wildman–Crippen LogP) is 2.21. The van der Waals surface area contributed by atoms with Crippen molar-refractivity contribution < 1.29 is 4.79 Å². The minimum Gasteiger partial charge on any atom is -0.310 e. The molecule has 0 aromatic carbocycles. The second-order valence-electron chi connectivity index (χ2n) is 3.38. The normalized spacial score (nSPS) is 10.6. The standard InChI is InChI=1S/C10H10IN3O/c1-6-3-8(11)4-14-5-9(12-7(2)15)13-10(6)14/h3-5H,1-2H3,(H,12,15). The molecule has 2 rings (SSSR count). The number of aromatic nitrogens is 2. The lowest BCUT2D eigenvalue weighted by Crippen LogP contribution is -2.05. The number of anilines is 1. The largest absolute Gasteiger partial charge is 0.310 e. The van der Waals surface area contributed by atoms with Crippen LogP contribution >= 0.6 is 22.6 Å². The van der Waals surface area contributed by atoms with Crippen LogP contribution in [-0.2, 0) is 4.79 Å². The van der Waals surface area contributed by atoms with Crippen LogP contribution in [0, 0.1) is 10.5 Å². The topological polar surface area (TPSA) is 46.4 Å². The number of rotatable bonds is 1. The van der Waals surface area contributed by atoms with Crippen molar-refractivity contribution in [3.05, 3.63) is 27.6 Å². The van der Waals surface area contributed by atoms with Crippen LogP contribution in [0.5, 0.6) is 0 Å². The summed E-state index contributed by atoms with van der Waals surface area (Å²) < 4.78 is 3.06. The van der Waals surface area contributed by atoms with E-state index in [4.69, 9.17) is 0 Å². The lowest BCUT2D eigenvalue weighted by atomic mass is 10.3. The molecule has 2 aromatic heterocycles. The average molecular weight is 315 g/mol. The van der Waals surface area contributed by atoms with Gasteiger partial charge < -0.3 is 9.72 Å². The maximum Gasteiger partial charge on any atom is 0.222 e. The Morgan fingerprint density at radius 3 is 2.93 bits per heavy atom. The number of nitrogens with one attached hydrogen (secondary N) is 1. The number of imidazole rings is 1. The number of carbonyl (C=O) groups is 1. The molecular formula is C10H10IN3O. The van der Waals surface area contributed by atoms with Crippen LogP contribution in [0.25, 0.3) is 5.65 Å². The molecule has 0 bridgehead atoms. The van der Waals surface area contributed by atoms with Gasteiger partial charge in [-0.25, -0.2) is 4.98 Å². The third kappa shape index (κ3) is 2.11. The van der Waals surface area contributed by atoms with Gasteiger partial charge in [-0.05, 0) is 41.1 Å². The van der Waals surface area contributed by atoms with Gasteiger partial charge in [-0.2, -0.15) is 0 Å². The first kappa shape index (κ1) is 10.4. The van der Waals surface area contributed by atoms with Crippen LogP contribution in [0.4, 0.5) is 5.82 Å². The number of carbonyl (C=O) groups excluding carboxylic acids is 1. The van der Waals surface area contributed by atoms with E-state index in [2.05, 4.69) is 39.0 Å². The van der Waals surface area contributed by atoms with Gasteiger partial charge in [0.15, 0.2) is 5.82 Å². The second-order valence-corrected chi connectivity index (χ2v) is 4.63. The van der Waals surface area contributed by atoms with Crippen LogP contribution < -0.4 is 5.32 Å². The third-order valence-corrected chi connectivity index (χ3v) is 2.60. The van der Waals surface area contributed by atoms with Crippen LogP contribution in [0.2, 0.25) is 0 Å². The maximum absolute atomic E-state index is 10.9. The van der Waals surface area contributed by atoms with Crippen molar-refractivity contribution in [1.29, 1.82) is 0 Å². The number of aryl methyl sites for hydroxylation is 1. The summed E-state index contributed by atoms with van der Waals surface area (Å²) in [7, 11) is 0. The van der Waals surface area contributed by atoms with Crippen molar-refractivity contribution in [2.75, 3.05) is 5.32 Å². The number of hydrogen-bond acceptors (Lipinski definition) is 2. The van der Waals surface area contributed by atoms with E-state index in [1.54, 1.807) is 0 Å². The van der Waals surface area contributed by atoms with Gasteiger partial charge >= 0.3 is 0 Å². The number of halogens is 1. The van der Waals surface area contributed by atoms with Crippen molar-refractivity contribution in [1.82, 2.24) is 9.38 Å². The zero-order chi connectivity index (χ0) is 11.0. The molecule has 4 nitrogen and oxygen atoms in total. The Morgan fingerprint density at radius 1 is 1.53 bits per heavy atom. The number of amides is 1. The Kier molecular flexibility index (Phi) is 2.64. The highest BCUT2D eigenvalue weighted by Crippen LogP contribution is 2.16. The van der Waals surface area contributed by atoms with E-state index in [1.165, 1.54) is 6.92 Å². The second kappa shape index (κ2) is 3.80. The van der Waals surface area contributed by atoms with Crippen LogP contribution in [0.1, 0.15) is 12.5 Å².